The molecule has 8 heteroatoms. The average molecular weight is 335 g/mol. The first-order chi connectivity index (χ1) is 10.4. The summed E-state index contributed by atoms with van der Waals surface area (Å²) >= 11 is 0. The van der Waals surface area contributed by atoms with E-state index in [1.54, 1.807) is 0 Å². The smallest absolute Gasteiger partial charge is 0.246 e. The normalized spacial score (nSPS) is 22.5. The molecule has 22 heavy (non-hydrogen) atoms. The zero-order valence-electron chi connectivity index (χ0n) is 11.8. The Morgan fingerprint density at radius 1 is 1.09 bits per heavy atom. The van der Waals surface area contributed by atoms with Gasteiger partial charge in [0, 0.05) is 25.3 Å². The highest BCUT2D eigenvalue weighted by molar-refractivity contribution is 7.89. The predicted octanol–water partition coefficient (Wildman–Crippen LogP) is 2.29. The van der Waals surface area contributed by atoms with Crippen LogP contribution in [-0.4, -0.2) is 38.5 Å². The van der Waals surface area contributed by atoms with E-state index in [-0.39, 0.29) is 24.6 Å². The van der Waals surface area contributed by atoms with Gasteiger partial charge in [0.2, 0.25) is 10.0 Å². The van der Waals surface area contributed by atoms with E-state index in [4.69, 9.17) is 4.74 Å². The molecule has 1 aliphatic carbocycles. The summed E-state index contributed by atoms with van der Waals surface area (Å²) in [5.41, 5.74) is 0. The van der Waals surface area contributed by atoms with Crippen LogP contribution in [-0.2, 0) is 14.8 Å². The van der Waals surface area contributed by atoms with Crippen LogP contribution in [0.3, 0.4) is 0 Å². The minimum Gasteiger partial charge on any atom is -0.381 e. The lowest BCUT2D eigenvalue weighted by Crippen LogP contribution is -2.38. The fourth-order valence-electron chi connectivity index (χ4n) is 2.62. The Hall–Kier alpha value is -1.12. The van der Waals surface area contributed by atoms with Gasteiger partial charge in [0.05, 0.1) is 6.61 Å². The van der Waals surface area contributed by atoms with Crippen LogP contribution in [0, 0.1) is 23.4 Å². The summed E-state index contributed by atoms with van der Waals surface area (Å²) in [4.78, 5) is -0.808. The SMILES string of the molecule is O=S(=O)(c1cc(F)c(F)cc1F)N(C[C@H]1CCOC1)C1CC1. The summed E-state index contributed by atoms with van der Waals surface area (Å²) in [5, 5.41) is 0. The molecule has 1 heterocycles. The van der Waals surface area contributed by atoms with Gasteiger partial charge in [-0.2, -0.15) is 4.31 Å². The number of halogens is 3. The van der Waals surface area contributed by atoms with Crippen molar-refractivity contribution < 1.29 is 26.3 Å². The number of nitrogens with zero attached hydrogens (tertiary/aromatic N) is 1. The van der Waals surface area contributed by atoms with Crippen molar-refractivity contribution in [2.45, 2.75) is 30.2 Å². The third-order valence-electron chi connectivity index (χ3n) is 3.98. The van der Waals surface area contributed by atoms with E-state index in [0.29, 0.717) is 32.1 Å². The summed E-state index contributed by atoms with van der Waals surface area (Å²) in [6.45, 7) is 1.24. The lowest BCUT2D eigenvalue weighted by molar-refractivity contribution is 0.180. The van der Waals surface area contributed by atoms with Gasteiger partial charge in [0.1, 0.15) is 10.7 Å². The molecular weight excluding hydrogens is 319 g/mol. The Morgan fingerprint density at radius 2 is 1.77 bits per heavy atom. The molecule has 1 saturated heterocycles. The molecule has 2 aliphatic rings. The zero-order chi connectivity index (χ0) is 15.9. The Kier molecular flexibility index (Phi) is 4.17. The van der Waals surface area contributed by atoms with Gasteiger partial charge in [-0.3, -0.25) is 0 Å². The van der Waals surface area contributed by atoms with Crippen molar-refractivity contribution in [3.8, 4) is 0 Å². The van der Waals surface area contributed by atoms with Crippen molar-refractivity contribution in [2.24, 2.45) is 5.92 Å². The molecule has 0 bridgehead atoms. The van der Waals surface area contributed by atoms with Crippen LogP contribution < -0.4 is 0 Å². The molecule has 1 saturated carbocycles. The molecule has 122 valence electrons. The quantitative estimate of drug-likeness (QED) is 0.776. The Morgan fingerprint density at radius 3 is 2.36 bits per heavy atom. The van der Waals surface area contributed by atoms with Crippen LogP contribution in [0.5, 0.6) is 0 Å². The number of benzene rings is 1. The molecule has 0 N–H and O–H groups in total. The van der Waals surface area contributed by atoms with E-state index in [1.807, 2.05) is 0 Å². The number of ether oxygens (including phenoxy) is 1. The lowest BCUT2D eigenvalue weighted by atomic mass is 10.1. The van der Waals surface area contributed by atoms with Crippen molar-refractivity contribution in [1.82, 2.24) is 4.31 Å². The van der Waals surface area contributed by atoms with E-state index in [2.05, 4.69) is 0 Å². The zero-order valence-corrected chi connectivity index (χ0v) is 12.6. The van der Waals surface area contributed by atoms with Crippen LogP contribution in [0.4, 0.5) is 13.2 Å². The highest BCUT2D eigenvalue weighted by Gasteiger charge is 2.41. The lowest BCUT2D eigenvalue weighted by Gasteiger charge is -2.24. The average Bonchev–Trinajstić information content (AvgIpc) is 3.16. The molecular formula is C14H16F3NO3S. The van der Waals surface area contributed by atoms with Gasteiger partial charge >= 0.3 is 0 Å². The first kappa shape index (κ1) is 15.8. The van der Waals surface area contributed by atoms with Crippen LogP contribution in [0.25, 0.3) is 0 Å². The monoisotopic (exact) mass is 335 g/mol. The molecule has 1 aromatic carbocycles. The minimum atomic E-state index is -4.20. The second kappa shape index (κ2) is 5.82. The number of sulfonamides is 1. The third kappa shape index (κ3) is 3.00. The topological polar surface area (TPSA) is 46.6 Å². The van der Waals surface area contributed by atoms with Crippen molar-refractivity contribution in [1.29, 1.82) is 0 Å². The van der Waals surface area contributed by atoms with Gasteiger partial charge in [-0.05, 0) is 31.2 Å². The maximum Gasteiger partial charge on any atom is 0.246 e. The molecule has 1 aliphatic heterocycles. The van der Waals surface area contributed by atoms with E-state index in [9.17, 15) is 21.6 Å². The standard InChI is InChI=1S/C14H16F3NO3S/c15-11-5-13(17)14(6-12(11)16)22(19,20)18(10-1-2-10)7-9-3-4-21-8-9/h5-6,9-10H,1-4,7-8H2/t9-/m1/s1. The van der Waals surface area contributed by atoms with E-state index in [0.717, 1.165) is 6.42 Å². The van der Waals surface area contributed by atoms with Crippen molar-refractivity contribution in [2.75, 3.05) is 19.8 Å². The van der Waals surface area contributed by atoms with Crippen molar-refractivity contribution in [3.63, 3.8) is 0 Å². The Labute approximate surface area is 126 Å². The van der Waals surface area contributed by atoms with Gasteiger partial charge in [0.25, 0.3) is 0 Å². The fourth-order valence-corrected chi connectivity index (χ4v) is 4.44. The summed E-state index contributed by atoms with van der Waals surface area (Å²) in [7, 11) is -4.20. The van der Waals surface area contributed by atoms with E-state index in [1.165, 1.54) is 4.31 Å². The van der Waals surface area contributed by atoms with Crippen LogP contribution >= 0.6 is 0 Å². The Balaban J connectivity index is 1.93. The van der Waals surface area contributed by atoms with Crippen LogP contribution in [0.15, 0.2) is 17.0 Å². The predicted molar refractivity (Wildman–Crippen MR) is 72.2 cm³/mol. The van der Waals surface area contributed by atoms with Crippen molar-refractivity contribution >= 4 is 10.0 Å². The van der Waals surface area contributed by atoms with Gasteiger partial charge in [0.15, 0.2) is 11.6 Å². The summed E-state index contributed by atoms with van der Waals surface area (Å²) in [6.07, 6.45) is 2.12. The van der Waals surface area contributed by atoms with Gasteiger partial charge in [-0.25, -0.2) is 21.6 Å². The van der Waals surface area contributed by atoms with Gasteiger partial charge < -0.3 is 4.74 Å². The molecule has 0 amide bonds. The second-order valence-corrected chi connectivity index (χ2v) is 7.59. The highest BCUT2D eigenvalue weighted by atomic mass is 32.2. The largest absolute Gasteiger partial charge is 0.381 e. The van der Waals surface area contributed by atoms with Crippen LogP contribution in [0.2, 0.25) is 0 Å². The minimum absolute atomic E-state index is 0.0451. The van der Waals surface area contributed by atoms with Gasteiger partial charge in [-0.15, -0.1) is 0 Å². The Bertz CT molecular complexity index is 670. The molecule has 0 spiro atoms. The maximum atomic E-state index is 13.8. The molecule has 0 aromatic heterocycles. The first-order valence-corrected chi connectivity index (χ1v) is 8.57. The highest BCUT2D eigenvalue weighted by Crippen LogP contribution is 2.34. The number of hydrogen-bond donors (Lipinski definition) is 0. The molecule has 1 atom stereocenters. The number of hydrogen-bond acceptors (Lipinski definition) is 3. The van der Waals surface area contributed by atoms with E-state index < -0.39 is 32.4 Å². The van der Waals surface area contributed by atoms with Crippen molar-refractivity contribution in [3.05, 3.63) is 29.6 Å². The molecule has 1 aromatic rings. The fraction of sp³-hybridized carbons (Fsp3) is 0.571. The summed E-state index contributed by atoms with van der Waals surface area (Å²) in [6, 6.07) is 0.491. The molecule has 0 unspecified atom stereocenters. The molecule has 0 radical (unpaired) electrons. The number of rotatable bonds is 5. The third-order valence-corrected chi connectivity index (χ3v) is 5.91. The summed E-state index contributed by atoms with van der Waals surface area (Å²) in [5.74, 6) is -4.01. The van der Waals surface area contributed by atoms with Gasteiger partial charge in [-0.1, -0.05) is 0 Å². The van der Waals surface area contributed by atoms with E-state index >= 15 is 0 Å². The maximum absolute atomic E-state index is 13.8. The summed E-state index contributed by atoms with van der Waals surface area (Å²) < 4.78 is 71.9. The van der Waals surface area contributed by atoms with Crippen LogP contribution in [0.1, 0.15) is 19.3 Å². The second-order valence-electron chi connectivity index (χ2n) is 5.73. The first-order valence-electron chi connectivity index (χ1n) is 7.13. The molecule has 2 fully saturated rings. The molecule has 3 rings (SSSR count). The molecule has 4 nitrogen and oxygen atoms in total.